The van der Waals surface area contributed by atoms with Crippen LogP contribution in [0.15, 0.2) is 60.7 Å². The van der Waals surface area contributed by atoms with Crippen molar-refractivity contribution in [3.8, 4) is 16.9 Å². The van der Waals surface area contributed by atoms with Gasteiger partial charge in [0.05, 0.1) is 12.7 Å². The predicted octanol–water partition coefficient (Wildman–Crippen LogP) is 4.59. The van der Waals surface area contributed by atoms with Gasteiger partial charge < -0.3 is 20.7 Å². The number of anilines is 2. The first-order valence-corrected chi connectivity index (χ1v) is 10.9. The van der Waals surface area contributed by atoms with E-state index in [2.05, 4.69) is 10.2 Å². The number of methoxy groups -OCH3 is 1. The molecule has 0 atom stereocenters. The van der Waals surface area contributed by atoms with Gasteiger partial charge in [-0.3, -0.25) is 9.59 Å². The van der Waals surface area contributed by atoms with Crippen molar-refractivity contribution in [1.82, 2.24) is 0 Å². The molecule has 176 valence electrons. The molecule has 0 aromatic heterocycles. The highest BCUT2D eigenvalue weighted by Crippen LogP contribution is 2.28. The van der Waals surface area contributed by atoms with Crippen LogP contribution in [-0.4, -0.2) is 32.0 Å². The van der Waals surface area contributed by atoms with Crippen molar-refractivity contribution >= 4 is 23.2 Å². The van der Waals surface area contributed by atoms with Gasteiger partial charge >= 0.3 is 0 Å². The number of ether oxygens (including phenoxy) is 1. The van der Waals surface area contributed by atoms with Gasteiger partial charge in [0, 0.05) is 42.0 Å². The van der Waals surface area contributed by atoms with Crippen LogP contribution in [0.25, 0.3) is 11.1 Å². The van der Waals surface area contributed by atoms with Crippen LogP contribution in [0.5, 0.6) is 5.75 Å². The van der Waals surface area contributed by atoms with Gasteiger partial charge in [-0.25, -0.2) is 8.78 Å². The van der Waals surface area contributed by atoms with E-state index in [1.54, 1.807) is 18.2 Å². The van der Waals surface area contributed by atoms with Crippen LogP contribution < -0.4 is 20.7 Å². The minimum Gasteiger partial charge on any atom is -0.497 e. The number of benzene rings is 3. The van der Waals surface area contributed by atoms with E-state index in [1.165, 1.54) is 31.4 Å². The lowest BCUT2D eigenvalue weighted by molar-refractivity contribution is -0.122. The summed E-state index contributed by atoms with van der Waals surface area (Å²) in [6.07, 6.45) is 1.42. The topological polar surface area (TPSA) is 84.7 Å². The Labute approximate surface area is 196 Å². The molecular formula is C26H25F2N3O3. The summed E-state index contributed by atoms with van der Waals surface area (Å²) in [4.78, 5) is 26.1. The highest BCUT2D eigenvalue weighted by atomic mass is 19.1. The number of rotatable bonds is 6. The van der Waals surface area contributed by atoms with Crippen molar-refractivity contribution in [3.05, 3.63) is 77.9 Å². The average Bonchev–Trinajstić information content (AvgIpc) is 2.84. The molecule has 4 rings (SSSR count). The Morgan fingerprint density at radius 3 is 2.26 bits per heavy atom. The smallest absolute Gasteiger partial charge is 0.258 e. The average molecular weight is 466 g/mol. The molecule has 3 aromatic rings. The number of halogens is 2. The van der Waals surface area contributed by atoms with Crippen molar-refractivity contribution < 1.29 is 23.1 Å². The largest absolute Gasteiger partial charge is 0.497 e. The Morgan fingerprint density at radius 2 is 1.68 bits per heavy atom. The molecule has 2 amide bonds. The Balaban J connectivity index is 1.42. The molecule has 1 heterocycles. The van der Waals surface area contributed by atoms with Gasteiger partial charge in [-0.1, -0.05) is 6.07 Å². The summed E-state index contributed by atoms with van der Waals surface area (Å²) < 4.78 is 34.0. The van der Waals surface area contributed by atoms with E-state index in [1.807, 2.05) is 12.1 Å². The second kappa shape index (κ2) is 9.91. The lowest BCUT2D eigenvalue weighted by Crippen LogP contribution is -2.38. The van der Waals surface area contributed by atoms with Crippen molar-refractivity contribution in [2.24, 2.45) is 11.7 Å². The molecule has 0 unspecified atom stereocenters. The second-order valence-corrected chi connectivity index (χ2v) is 8.21. The Bertz CT molecular complexity index is 1210. The summed E-state index contributed by atoms with van der Waals surface area (Å²) >= 11 is 0. The van der Waals surface area contributed by atoms with Crippen molar-refractivity contribution in [1.29, 1.82) is 0 Å². The molecule has 34 heavy (non-hydrogen) atoms. The molecule has 1 saturated heterocycles. The van der Waals surface area contributed by atoms with Gasteiger partial charge in [0.25, 0.3) is 5.91 Å². The maximum Gasteiger partial charge on any atom is 0.258 e. The van der Waals surface area contributed by atoms with Crippen molar-refractivity contribution in [2.45, 2.75) is 12.8 Å². The summed E-state index contributed by atoms with van der Waals surface area (Å²) in [7, 11) is 1.43. The number of carbonyl (C=O) groups is 2. The van der Waals surface area contributed by atoms with Crippen LogP contribution in [0.3, 0.4) is 0 Å². The molecule has 3 aromatic carbocycles. The lowest BCUT2D eigenvalue weighted by Gasteiger charge is -2.32. The number of primary amides is 1. The molecule has 1 fully saturated rings. The number of nitrogens with two attached hydrogens (primary N) is 1. The molecule has 6 nitrogen and oxygen atoms in total. The van der Waals surface area contributed by atoms with Crippen LogP contribution >= 0.6 is 0 Å². The SMILES string of the molecule is COc1ccc(-c2ccc(C(=O)Nc3ccc(N4CCC(C(N)=O)CC4)cc3)c(F)c2)c(F)c1. The highest BCUT2D eigenvalue weighted by Gasteiger charge is 2.23. The molecule has 8 heteroatoms. The number of nitrogens with zero attached hydrogens (tertiary/aromatic N) is 1. The summed E-state index contributed by atoms with van der Waals surface area (Å²) in [6, 6.07) is 15.5. The summed E-state index contributed by atoms with van der Waals surface area (Å²) in [5.74, 6) is -1.88. The van der Waals surface area contributed by atoms with Crippen molar-refractivity contribution in [2.75, 3.05) is 30.4 Å². The molecule has 3 N–H and O–H groups in total. The van der Waals surface area contributed by atoms with Crippen LogP contribution in [0.4, 0.5) is 20.2 Å². The number of carbonyl (C=O) groups excluding carboxylic acids is 2. The molecule has 0 radical (unpaired) electrons. The minimum absolute atomic E-state index is 0.0858. The number of nitrogens with one attached hydrogen (secondary N) is 1. The normalized spacial score (nSPS) is 14.0. The monoisotopic (exact) mass is 465 g/mol. The summed E-state index contributed by atoms with van der Waals surface area (Å²) in [5.41, 5.74) is 7.26. The van der Waals surface area contributed by atoms with E-state index in [4.69, 9.17) is 10.5 Å². The molecular weight excluding hydrogens is 440 g/mol. The standard InChI is InChI=1S/C26H25F2N3O3/c1-34-20-7-9-21(24(28)15-20)17-2-8-22(23(27)14-17)26(33)30-18-3-5-19(6-4-18)31-12-10-16(11-13-31)25(29)32/h2-9,14-16H,10-13H2,1H3,(H2,29,32)(H,30,33). The summed E-state index contributed by atoms with van der Waals surface area (Å²) in [5, 5.41) is 2.69. The maximum atomic E-state index is 14.7. The maximum absolute atomic E-state index is 14.7. The fourth-order valence-corrected chi connectivity index (χ4v) is 4.10. The van der Waals surface area contributed by atoms with E-state index in [0.29, 0.717) is 29.8 Å². The predicted molar refractivity (Wildman–Crippen MR) is 127 cm³/mol. The van der Waals surface area contributed by atoms with Crippen LogP contribution in [0.1, 0.15) is 23.2 Å². The molecule has 1 aliphatic heterocycles. The zero-order valence-corrected chi connectivity index (χ0v) is 18.7. The number of piperidine rings is 1. The van der Waals surface area contributed by atoms with E-state index < -0.39 is 17.5 Å². The number of amides is 2. The third kappa shape index (κ3) is 5.01. The first kappa shape index (κ1) is 23.2. The lowest BCUT2D eigenvalue weighted by atomic mass is 9.96. The number of hydrogen-bond donors (Lipinski definition) is 2. The fourth-order valence-electron chi connectivity index (χ4n) is 4.10. The highest BCUT2D eigenvalue weighted by molar-refractivity contribution is 6.04. The van der Waals surface area contributed by atoms with E-state index in [-0.39, 0.29) is 23.0 Å². The quantitative estimate of drug-likeness (QED) is 0.558. The second-order valence-electron chi connectivity index (χ2n) is 8.21. The van der Waals surface area contributed by atoms with Gasteiger partial charge in [-0.15, -0.1) is 0 Å². The van der Waals surface area contributed by atoms with Crippen molar-refractivity contribution in [3.63, 3.8) is 0 Å². The van der Waals surface area contributed by atoms with E-state index >= 15 is 0 Å². The van der Waals surface area contributed by atoms with Gasteiger partial charge in [0.1, 0.15) is 17.4 Å². The first-order chi connectivity index (χ1) is 16.4. The molecule has 0 aliphatic carbocycles. The molecule has 0 saturated carbocycles. The Hall–Kier alpha value is -3.94. The number of hydrogen-bond acceptors (Lipinski definition) is 4. The van der Waals surface area contributed by atoms with Crippen LogP contribution in [0.2, 0.25) is 0 Å². The minimum atomic E-state index is -0.751. The third-order valence-electron chi connectivity index (χ3n) is 6.09. The Morgan fingerprint density at radius 1 is 0.971 bits per heavy atom. The van der Waals surface area contributed by atoms with Gasteiger partial charge in [-0.05, 0) is 66.9 Å². The zero-order valence-electron chi connectivity index (χ0n) is 18.7. The zero-order chi connectivity index (χ0) is 24.2. The van der Waals surface area contributed by atoms with Gasteiger partial charge in [0.15, 0.2) is 0 Å². The van der Waals surface area contributed by atoms with E-state index in [0.717, 1.165) is 24.8 Å². The van der Waals surface area contributed by atoms with Crippen LogP contribution in [-0.2, 0) is 4.79 Å². The molecule has 0 bridgehead atoms. The van der Waals surface area contributed by atoms with Gasteiger partial charge in [-0.2, -0.15) is 0 Å². The van der Waals surface area contributed by atoms with Crippen LogP contribution in [0, 0.1) is 17.6 Å². The Kier molecular flexibility index (Phi) is 6.77. The fraction of sp³-hybridized carbons (Fsp3) is 0.231. The van der Waals surface area contributed by atoms with E-state index in [9.17, 15) is 18.4 Å². The summed E-state index contributed by atoms with van der Waals surface area (Å²) in [6.45, 7) is 1.46. The third-order valence-corrected chi connectivity index (χ3v) is 6.09. The first-order valence-electron chi connectivity index (χ1n) is 10.9. The molecule has 1 aliphatic rings. The van der Waals surface area contributed by atoms with Gasteiger partial charge in [0.2, 0.25) is 5.91 Å². The molecule has 0 spiro atoms.